The van der Waals surface area contributed by atoms with Crippen LogP contribution in [0, 0.1) is 11.8 Å². The van der Waals surface area contributed by atoms with Crippen molar-refractivity contribution in [2.24, 2.45) is 11.8 Å². The Balaban J connectivity index is 1.63. The molecule has 4 fully saturated rings. The molecule has 40 heavy (non-hydrogen) atoms. The molecule has 1 N–H and O–H groups in total. The summed E-state index contributed by atoms with van der Waals surface area (Å²) in [5, 5.41) is 10.7. The molecule has 1 saturated carbocycles. The summed E-state index contributed by atoms with van der Waals surface area (Å²) < 4.78 is 12.4. The first-order valence-electron chi connectivity index (χ1n) is 14.8. The summed E-state index contributed by atoms with van der Waals surface area (Å²) in [6.45, 7) is 9.57. The maximum atomic E-state index is 14.8. The summed E-state index contributed by atoms with van der Waals surface area (Å²) in [5.74, 6) is -2.73. The molecule has 2 bridgehead atoms. The molecule has 3 heterocycles. The molecule has 6 atom stereocenters. The number of likely N-dealkylation sites (tertiary alicyclic amines) is 1. The molecule has 3 saturated heterocycles. The second kappa shape index (κ2) is 11.5. The topological polar surface area (TPSA) is 96.4 Å². The number of nitrogens with zero attached hydrogens (tertiary/aromatic N) is 2. The Kier molecular flexibility index (Phi) is 8.20. The molecule has 1 aromatic carbocycles. The van der Waals surface area contributed by atoms with Gasteiger partial charge in [0.1, 0.15) is 24.2 Å². The second-order valence-electron chi connectivity index (χ2n) is 11.7. The highest BCUT2D eigenvalue weighted by Crippen LogP contribution is 2.65. The van der Waals surface area contributed by atoms with Crippen LogP contribution >= 0.6 is 0 Å². The highest BCUT2D eigenvalue weighted by atomic mass is 16.6. The van der Waals surface area contributed by atoms with Gasteiger partial charge in [-0.05, 0) is 37.7 Å². The number of rotatable bonds is 11. The predicted octanol–water partition coefficient (Wildman–Crippen LogP) is 3.95. The first kappa shape index (κ1) is 28.6. The van der Waals surface area contributed by atoms with E-state index in [1.54, 1.807) is 11.0 Å². The number of esters is 1. The fourth-order valence-corrected chi connectivity index (χ4v) is 8.00. The van der Waals surface area contributed by atoms with Crippen LogP contribution in [0.15, 0.2) is 55.6 Å². The quantitative estimate of drug-likeness (QED) is 0.331. The van der Waals surface area contributed by atoms with Crippen molar-refractivity contribution in [3.8, 4) is 0 Å². The standard InChI is InChI=1S/C32H42N2O6/c1-4-19-33(23-15-11-8-12-16-23)29(37)27-32-18-17-31(6-3,40-32)26(30(38)39-20-5-2)25(32)28(36)34(27)24(21-35)22-13-9-7-10-14-22/h4-5,7,9-10,13-14,23-27,35H,1-2,6,8,11-12,15-21H2,3H3/t24-,25+,26+,27?,31-,32?/m1/s1. The fourth-order valence-electron chi connectivity index (χ4n) is 8.00. The van der Waals surface area contributed by atoms with Crippen molar-refractivity contribution in [2.45, 2.75) is 87.6 Å². The molecule has 5 rings (SSSR count). The van der Waals surface area contributed by atoms with Gasteiger partial charge in [-0.25, -0.2) is 0 Å². The fraction of sp³-hybridized carbons (Fsp3) is 0.594. The van der Waals surface area contributed by atoms with Gasteiger partial charge in [0.2, 0.25) is 11.8 Å². The summed E-state index contributed by atoms with van der Waals surface area (Å²) >= 11 is 0. The van der Waals surface area contributed by atoms with Gasteiger partial charge in [0, 0.05) is 12.6 Å². The van der Waals surface area contributed by atoms with Gasteiger partial charge in [-0.1, -0.05) is 75.2 Å². The molecule has 2 amide bonds. The number of hydrogen-bond acceptors (Lipinski definition) is 6. The Morgan fingerprint density at radius 1 is 1.18 bits per heavy atom. The van der Waals surface area contributed by atoms with Crippen LogP contribution in [0.25, 0.3) is 0 Å². The van der Waals surface area contributed by atoms with Crippen molar-refractivity contribution in [3.05, 3.63) is 61.2 Å². The van der Waals surface area contributed by atoms with E-state index < -0.39 is 41.1 Å². The molecule has 1 spiro atoms. The van der Waals surface area contributed by atoms with Crippen molar-refractivity contribution < 1.29 is 29.0 Å². The van der Waals surface area contributed by atoms with Gasteiger partial charge in [-0.3, -0.25) is 14.4 Å². The minimum atomic E-state index is -1.18. The van der Waals surface area contributed by atoms with Gasteiger partial charge in [-0.15, -0.1) is 6.58 Å². The molecule has 2 unspecified atom stereocenters. The van der Waals surface area contributed by atoms with Gasteiger partial charge in [0.05, 0.1) is 24.2 Å². The zero-order valence-corrected chi connectivity index (χ0v) is 23.5. The van der Waals surface area contributed by atoms with Crippen LogP contribution in [-0.4, -0.2) is 75.7 Å². The number of ether oxygens (including phenoxy) is 2. The first-order valence-corrected chi connectivity index (χ1v) is 14.8. The zero-order chi connectivity index (χ0) is 28.5. The van der Waals surface area contributed by atoms with Crippen molar-refractivity contribution in [1.29, 1.82) is 0 Å². The van der Waals surface area contributed by atoms with E-state index in [0.717, 1.165) is 37.7 Å². The Hall–Kier alpha value is -2.97. The lowest BCUT2D eigenvalue weighted by atomic mass is 9.65. The minimum absolute atomic E-state index is 0.0349. The number of amides is 2. The number of aliphatic hydroxyl groups excluding tert-OH is 1. The lowest BCUT2D eigenvalue weighted by Crippen LogP contribution is -2.59. The smallest absolute Gasteiger partial charge is 0.313 e. The van der Waals surface area contributed by atoms with E-state index in [-0.39, 0.29) is 31.1 Å². The predicted molar refractivity (Wildman–Crippen MR) is 150 cm³/mol. The Morgan fingerprint density at radius 2 is 1.90 bits per heavy atom. The van der Waals surface area contributed by atoms with E-state index in [1.165, 1.54) is 6.08 Å². The lowest BCUT2D eigenvalue weighted by Gasteiger charge is -2.42. The van der Waals surface area contributed by atoms with Gasteiger partial charge in [0.15, 0.2) is 0 Å². The molecule has 0 aromatic heterocycles. The third-order valence-electron chi connectivity index (χ3n) is 9.77. The number of carbonyl (C=O) groups is 3. The zero-order valence-electron chi connectivity index (χ0n) is 23.5. The molecule has 8 nitrogen and oxygen atoms in total. The average molecular weight is 551 g/mol. The minimum Gasteiger partial charge on any atom is -0.461 e. The van der Waals surface area contributed by atoms with Gasteiger partial charge in [-0.2, -0.15) is 0 Å². The van der Waals surface area contributed by atoms with Crippen molar-refractivity contribution in [3.63, 3.8) is 0 Å². The Bertz CT molecular complexity index is 1130. The summed E-state index contributed by atoms with van der Waals surface area (Å²) in [6.07, 6.45) is 9.82. The maximum absolute atomic E-state index is 14.8. The van der Waals surface area contributed by atoms with E-state index in [0.29, 0.717) is 25.8 Å². The van der Waals surface area contributed by atoms with Crippen molar-refractivity contribution in [1.82, 2.24) is 9.80 Å². The summed E-state index contributed by atoms with van der Waals surface area (Å²) in [6, 6.07) is 7.59. The van der Waals surface area contributed by atoms with Crippen LogP contribution in [0.4, 0.5) is 0 Å². The number of benzene rings is 1. The van der Waals surface area contributed by atoms with Crippen LogP contribution in [0.1, 0.15) is 69.9 Å². The highest BCUT2D eigenvalue weighted by molar-refractivity contribution is 5.99. The number of fused-ring (bicyclic) bond motifs is 1. The highest BCUT2D eigenvalue weighted by Gasteiger charge is 2.79. The van der Waals surface area contributed by atoms with Gasteiger partial charge >= 0.3 is 5.97 Å². The third kappa shape index (κ3) is 4.40. The van der Waals surface area contributed by atoms with Crippen LogP contribution in [-0.2, 0) is 23.9 Å². The normalized spacial score (nSPS) is 32.0. The summed E-state index contributed by atoms with van der Waals surface area (Å²) in [5.41, 5.74) is -1.33. The number of carbonyl (C=O) groups excluding carboxylic acids is 3. The summed E-state index contributed by atoms with van der Waals surface area (Å²) in [4.78, 5) is 46.3. The van der Waals surface area contributed by atoms with Gasteiger partial charge < -0.3 is 24.4 Å². The van der Waals surface area contributed by atoms with Crippen molar-refractivity contribution in [2.75, 3.05) is 19.8 Å². The number of hydrogen-bond donors (Lipinski definition) is 1. The lowest BCUT2D eigenvalue weighted by molar-refractivity contribution is -0.163. The molecular formula is C32H42N2O6. The first-order chi connectivity index (χ1) is 19.4. The Labute approximate surface area is 237 Å². The third-order valence-corrected chi connectivity index (χ3v) is 9.77. The van der Waals surface area contributed by atoms with Crippen LogP contribution in [0.2, 0.25) is 0 Å². The van der Waals surface area contributed by atoms with E-state index >= 15 is 0 Å². The second-order valence-corrected chi connectivity index (χ2v) is 11.7. The van der Waals surface area contributed by atoms with E-state index in [2.05, 4.69) is 13.2 Å². The van der Waals surface area contributed by atoms with E-state index in [1.807, 2.05) is 42.2 Å². The van der Waals surface area contributed by atoms with E-state index in [9.17, 15) is 19.5 Å². The van der Waals surface area contributed by atoms with E-state index in [4.69, 9.17) is 9.47 Å². The molecule has 1 aromatic rings. The van der Waals surface area contributed by atoms with Crippen LogP contribution in [0.3, 0.4) is 0 Å². The molecule has 0 radical (unpaired) electrons. The molecule has 216 valence electrons. The Morgan fingerprint density at radius 3 is 2.52 bits per heavy atom. The number of aliphatic hydroxyl groups is 1. The van der Waals surface area contributed by atoms with Crippen LogP contribution < -0.4 is 0 Å². The maximum Gasteiger partial charge on any atom is 0.313 e. The SMILES string of the molecule is C=CCOC(=O)[C@@H]1[C@H]2C(=O)N([C@H](CO)c3ccccc3)C(C(=O)N(CC=C)C3CCCCC3)C23CC[C@@]1(CC)O3. The molecule has 4 aliphatic rings. The van der Waals surface area contributed by atoms with Crippen LogP contribution in [0.5, 0.6) is 0 Å². The van der Waals surface area contributed by atoms with Gasteiger partial charge in [0.25, 0.3) is 0 Å². The average Bonchev–Trinajstić information content (AvgIpc) is 3.59. The monoisotopic (exact) mass is 550 g/mol. The van der Waals surface area contributed by atoms with Crippen molar-refractivity contribution >= 4 is 17.8 Å². The largest absolute Gasteiger partial charge is 0.461 e. The molecule has 3 aliphatic heterocycles. The molecule has 8 heteroatoms. The summed E-state index contributed by atoms with van der Waals surface area (Å²) in [7, 11) is 0. The molecular weight excluding hydrogens is 508 g/mol. The molecule has 1 aliphatic carbocycles.